The quantitative estimate of drug-likeness (QED) is 0.328. The van der Waals surface area contributed by atoms with Gasteiger partial charge in [0.2, 0.25) is 5.91 Å². The zero-order chi connectivity index (χ0) is 26.8. The molecule has 1 saturated carbocycles. The molecule has 2 aromatic rings. The van der Waals surface area contributed by atoms with Crippen molar-refractivity contribution < 1.29 is 24.2 Å². The normalized spacial score (nSPS) is 15.4. The molecule has 200 valence electrons. The third kappa shape index (κ3) is 9.84. The number of carbonyl (C=O) groups is 3. The summed E-state index contributed by atoms with van der Waals surface area (Å²) in [4.78, 5) is 42.7. The van der Waals surface area contributed by atoms with E-state index in [-0.39, 0.29) is 25.0 Å². The second-order valence-electron chi connectivity index (χ2n) is 10.0. The molecule has 0 saturated heterocycles. The van der Waals surface area contributed by atoms with Crippen LogP contribution in [0.15, 0.2) is 48.5 Å². The van der Waals surface area contributed by atoms with Crippen LogP contribution >= 0.6 is 0 Å². The van der Waals surface area contributed by atoms with E-state index >= 15 is 0 Å². The fourth-order valence-electron chi connectivity index (χ4n) is 3.96. The molecule has 37 heavy (non-hydrogen) atoms. The van der Waals surface area contributed by atoms with Crippen LogP contribution in [0.1, 0.15) is 50.1 Å². The van der Waals surface area contributed by atoms with E-state index in [0.717, 1.165) is 29.8 Å². The molecular weight excluding hydrogens is 472 g/mol. The topological polar surface area (TPSA) is 130 Å². The van der Waals surface area contributed by atoms with Gasteiger partial charge < -0.3 is 25.8 Å². The van der Waals surface area contributed by atoms with Crippen LogP contribution in [0, 0.1) is 12.8 Å². The van der Waals surface area contributed by atoms with Crippen LogP contribution in [0.25, 0.3) is 0 Å². The number of pyridine rings is 1. The summed E-state index contributed by atoms with van der Waals surface area (Å²) in [5.41, 5.74) is 2.56. The summed E-state index contributed by atoms with van der Waals surface area (Å²) in [6, 6.07) is 13.3. The number of hydrogen-bond acceptors (Lipinski definition) is 6. The number of nitrogens with zero attached hydrogens (tertiary/aromatic N) is 1. The highest BCUT2D eigenvalue weighted by Gasteiger charge is 2.34. The average molecular weight is 511 g/mol. The lowest BCUT2D eigenvalue weighted by Crippen LogP contribution is -2.56. The van der Waals surface area contributed by atoms with Gasteiger partial charge >= 0.3 is 6.09 Å². The fourth-order valence-corrected chi connectivity index (χ4v) is 3.96. The van der Waals surface area contributed by atoms with Crippen molar-refractivity contribution in [3.63, 3.8) is 0 Å². The summed E-state index contributed by atoms with van der Waals surface area (Å²) < 4.78 is 5.30. The Morgan fingerprint density at radius 1 is 1.03 bits per heavy atom. The van der Waals surface area contributed by atoms with Crippen molar-refractivity contribution in [3.05, 3.63) is 65.5 Å². The van der Waals surface area contributed by atoms with Gasteiger partial charge in [0, 0.05) is 23.9 Å². The Balaban J connectivity index is 1.62. The zero-order valence-corrected chi connectivity index (χ0v) is 21.8. The monoisotopic (exact) mass is 510 g/mol. The van der Waals surface area contributed by atoms with Gasteiger partial charge in [0.1, 0.15) is 6.04 Å². The molecule has 1 aliphatic carbocycles. The summed E-state index contributed by atoms with van der Waals surface area (Å²) in [5.74, 6) is -0.894. The van der Waals surface area contributed by atoms with Gasteiger partial charge in [0.05, 0.1) is 12.6 Å². The SMILES string of the molecule is Cc1cccc(CCOC(=O)NC(CC(C)C)C(=O)NC(Cc2ccccc2)C(O)C(=O)NC2CC2)n1. The number of alkyl carbamates (subject to hydrolysis) is 1. The van der Waals surface area contributed by atoms with Crippen molar-refractivity contribution in [2.24, 2.45) is 5.92 Å². The molecule has 3 unspecified atom stereocenters. The predicted octanol–water partition coefficient (Wildman–Crippen LogP) is 2.44. The van der Waals surface area contributed by atoms with Gasteiger partial charge in [0.25, 0.3) is 5.91 Å². The number of nitrogens with one attached hydrogen (secondary N) is 3. The zero-order valence-electron chi connectivity index (χ0n) is 21.8. The lowest BCUT2D eigenvalue weighted by atomic mass is 9.98. The minimum Gasteiger partial charge on any atom is -0.449 e. The molecule has 3 atom stereocenters. The fraction of sp³-hybridized carbons (Fsp3) is 0.500. The van der Waals surface area contributed by atoms with E-state index in [4.69, 9.17) is 4.74 Å². The van der Waals surface area contributed by atoms with Crippen LogP contribution in [0.4, 0.5) is 4.79 Å². The Bertz CT molecular complexity index is 1040. The Morgan fingerprint density at radius 2 is 1.76 bits per heavy atom. The maximum Gasteiger partial charge on any atom is 0.407 e. The third-order valence-corrected chi connectivity index (χ3v) is 6.05. The van der Waals surface area contributed by atoms with Gasteiger partial charge in [-0.05, 0) is 56.2 Å². The number of amides is 3. The van der Waals surface area contributed by atoms with E-state index in [1.165, 1.54) is 0 Å². The van der Waals surface area contributed by atoms with Gasteiger partial charge in [-0.2, -0.15) is 0 Å². The van der Waals surface area contributed by atoms with Crippen molar-refractivity contribution in [3.8, 4) is 0 Å². The molecule has 0 aliphatic heterocycles. The molecule has 3 rings (SSSR count). The van der Waals surface area contributed by atoms with Gasteiger partial charge in [-0.15, -0.1) is 0 Å². The van der Waals surface area contributed by atoms with Crippen molar-refractivity contribution >= 4 is 17.9 Å². The van der Waals surface area contributed by atoms with Crippen molar-refractivity contribution in [1.29, 1.82) is 0 Å². The molecule has 0 radical (unpaired) electrons. The van der Waals surface area contributed by atoms with Crippen LogP contribution < -0.4 is 16.0 Å². The first-order valence-corrected chi connectivity index (χ1v) is 12.9. The van der Waals surface area contributed by atoms with Gasteiger partial charge in [-0.1, -0.05) is 50.2 Å². The first-order valence-electron chi connectivity index (χ1n) is 12.9. The average Bonchev–Trinajstić information content (AvgIpc) is 3.67. The minimum atomic E-state index is -1.43. The van der Waals surface area contributed by atoms with Gasteiger partial charge in [-0.3, -0.25) is 14.6 Å². The van der Waals surface area contributed by atoms with Crippen LogP contribution in [-0.4, -0.2) is 58.8 Å². The molecule has 9 nitrogen and oxygen atoms in total. The smallest absolute Gasteiger partial charge is 0.407 e. The summed E-state index contributed by atoms with van der Waals surface area (Å²) >= 11 is 0. The van der Waals surface area contributed by atoms with E-state index in [2.05, 4.69) is 20.9 Å². The van der Waals surface area contributed by atoms with Crippen molar-refractivity contribution in [1.82, 2.24) is 20.9 Å². The molecule has 4 N–H and O–H groups in total. The molecule has 3 amide bonds. The standard InChI is InChI=1S/C28H38N4O5/c1-18(2)16-24(32-28(36)37-15-14-21-11-7-8-19(3)29-21)26(34)31-23(17-20-9-5-4-6-10-20)25(33)27(35)30-22-12-13-22/h4-11,18,22-25,33H,12-17H2,1-3H3,(H,30,35)(H,31,34)(H,32,36). The Morgan fingerprint density at radius 3 is 2.41 bits per heavy atom. The molecule has 1 aromatic heterocycles. The number of benzene rings is 1. The number of aryl methyl sites for hydroxylation is 1. The Hall–Kier alpha value is -3.46. The van der Waals surface area contributed by atoms with E-state index < -0.39 is 36.1 Å². The lowest BCUT2D eigenvalue weighted by Gasteiger charge is -2.27. The summed E-state index contributed by atoms with van der Waals surface area (Å²) in [7, 11) is 0. The number of aliphatic hydroxyl groups excluding tert-OH is 1. The molecular formula is C28H38N4O5. The van der Waals surface area contributed by atoms with Crippen molar-refractivity contribution in [2.75, 3.05) is 6.61 Å². The second kappa shape index (κ2) is 13.7. The molecule has 0 bridgehead atoms. The van der Waals surface area contributed by atoms with Crippen LogP contribution in [0.3, 0.4) is 0 Å². The Kier molecular flexibility index (Phi) is 10.4. The van der Waals surface area contributed by atoms with Crippen LogP contribution in [0.2, 0.25) is 0 Å². The third-order valence-electron chi connectivity index (χ3n) is 6.05. The number of carbonyl (C=O) groups excluding carboxylic acids is 3. The first-order chi connectivity index (χ1) is 17.7. The summed E-state index contributed by atoms with van der Waals surface area (Å²) in [6.07, 6.45) is 0.709. The number of hydrogen-bond donors (Lipinski definition) is 4. The molecule has 1 heterocycles. The molecule has 1 aliphatic rings. The number of ether oxygens (including phenoxy) is 1. The number of aromatic nitrogens is 1. The number of rotatable bonds is 13. The van der Waals surface area contributed by atoms with Crippen molar-refractivity contribution in [2.45, 2.75) is 77.1 Å². The van der Waals surface area contributed by atoms with Crippen LogP contribution in [0.5, 0.6) is 0 Å². The van der Waals surface area contributed by atoms with E-state index in [1.807, 2.05) is 69.3 Å². The molecule has 9 heteroatoms. The maximum absolute atomic E-state index is 13.3. The van der Waals surface area contributed by atoms with Crippen LogP contribution in [-0.2, 0) is 27.2 Å². The summed E-state index contributed by atoms with van der Waals surface area (Å²) in [5, 5.41) is 19.1. The number of aliphatic hydroxyl groups is 1. The highest BCUT2D eigenvalue weighted by molar-refractivity contribution is 5.87. The Labute approximate surface area is 218 Å². The highest BCUT2D eigenvalue weighted by Crippen LogP contribution is 2.19. The second-order valence-corrected chi connectivity index (χ2v) is 10.0. The maximum atomic E-state index is 13.3. The molecule has 1 aromatic carbocycles. The minimum absolute atomic E-state index is 0.0790. The molecule has 1 fully saturated rings. The largest absolute Gasteiger partial charge is 0.449 e. The summed E-state index contributed by atoms with van der Waals surface area (Å²) in [6.45, 7) is 5.89. The van der Waals surface area contributed by atoms with E-state index in [9.17, 15) is 19.5 Å². The van der Waals surface area contributed by atoms with Gasteiger partial charge in [0.15, 0.2) is 6.10 Å². The molecule has 0 spiro atoms. The van der Waals surface area contributed by atoms with Gasteiger partial charge in [-0.25, -0.2) is 4.79 Å². The van der Waals surface area contributed by atoms with E-state index in [0.29, 0.717) is 12.8 Å². The highest BCUT2D eigenvalue weighted by atomic mass is 16.5. The predicted molar refractivity (Wildman–Crippen MR) is 140 cm³/mol. The van der Waals surface area contributed by atoms with E-state index in [1.54, 1.807) is 0 Å². The first kappa shape index (κ1) is 28.1. The lowest BCUT2D eigenvalue weighted by molar-refractivity contribution is -0.132.